The van der Waals surface area contributed by atoms with Crippen LogP contribution in [0.15, 0.2) is 0 Å². The lowest BCUT2D eigenvalue weighted by molar-refractivity contribution is -0.170. The Morgan fingerprint density at radius 2 is 1.46 bits per heavy atom. The molecule has 1 aliphatic rings. The van der Waals surface area contributed by atoms with Gasteiger partial charge in [0.25, 0.3) is 0 Å². The van der Waals surface area contributed by atoms with E-state index in [1.807, 2.05) is 0 Å². The minimum absolute atomic E-state index is 0.339. The first-order valence-corrected chi connectivity index (χ1v) is 5.59. The van der Waals surface area contributed by atoms with Crippen LogP contribution >= 0.6 is 0 Å². The highest BCUT2D eigenvalue weighted by molar-refractivity contribution is 5.06. The van der Waals surface area contributed by atoms with E-state index >= 15 is 0 Å². The maximum Gasteiger partial charge on any atom is 0.0656 e. The van der Waals surface area contributed by atoms with Crippen molar-refractivity contribution in [3.8, 4) is 0 Å². The van der Waals surface area contributed by atoms with Gasteiger partial charge in [-0.25, -0.2) is 0 Å². The van der Waals surface area contributed by atoms with Crippen LogP contribution in [-0.2, 0) is 0 Å². The fraction of sp³-hybridized carbons (Fsp3) is 1.00. The first-order valence-electron chi connectivity index (χ1n) is 5.59. The molecule has 0 radical (unpaired) electrons. The zero-order valence-electron chi connectivity index (χ0n) is 9.72. The lowest BCUT2D eigenvalue weighted by Gasteiger charge is -2.58. The van der Waals surface area contributed by atoms with E-state index in [2.05, 4.69) is 34.6 Å². The second-order valence-corrected chi connectivity index (χ2v) is 5.47. The SMILES string of the molecule is CCC1(O)CC(C(C)C)(C(C)C)C1. The Kier molecular flexibility index (Phi) is 2.78. The number of hydrogen-bond acceptors (Lipinski definition) is 1. The minimum Gasteiger partial charge on any atom is -0.390 e. The molecule has 1 heteroatoms. The van der Waals surface area contributed by atoms with E-state index < -0.39 is 0 Å². The second kappa shape index (κ2) is 3.27. The van der Waals surface area contributed by atoms with E-state index in [9.17, 15) is 5.11 Å². The van der Waals surface area contributed by atoms with E-state index in [1.165, 1.54) is 0 Å². The summed E-state index contributed by atoms with van der Waals surface area (Å²) in [6, 6.07) is 0. The molecule has 13 heavy (non-hydrogen) atoms. The van der Waals surface area contributed by atoms with Crippen LogP contribution in [0, 0.1) is 17.3 Å². The van der Waals surface area contributed by atoms with Gasteiger partial charge in [-0.05, 0) is 36.5 Å². The Morgan fingerprint density at radius 1 is 1.08 bits per heavy atom. The van der Waals surface area contributed by atoms with Gasteiger partial charge in [0.05, 0.1) is 5.60 Å². The molecule has 0 spiro atoms. The Hall–Kier alpha value is -0.0400. The first-order chi connectivity index (χ1) is 5.86. The van der Waals surface area contributed by atoms with E-state index in [4.69, 9.17) is 0 Å². The molecule has 0 saturated heterocycles. The Balaban J connectivity index is 2.69. The minimum atomic E-state index is -0.339. The number of hydrogen-bond donors (Lipinski definition) is 1. The smallest absolute Gasteiger partial charge is 0.0656 e. The summed E-state index contributed by atoms with van der Waals surface area (Å²) in [5.74, 6) is 1.39. The molecule has 1 fully saturated rings. The Labute approximate surface area is 82.5 Å². The van der Waals surface area contributed by atoms with Crippen molar-refractivity contribution in [1.29, 1.82) is 0 Å². The van der Waals surface area contributed by atoms with E-state index in [-0.39, 0.29) is 5.60 Å². The van der Waals surface area contributed by atoms with Gasteiger partial charge in [0.15, 0.2) is 0 Å². The summed E-state index contributed by atoms with van der Waals surface area (Å²) >= 11 is 0. The van der Waals surface area contributed by atoms with Gasteiger partial charge in [-0.2, -0.15) is 0 Å². The maximum atomic E-state index is 10.1. The fourth-order valence-electron chi connectivity index (χ4n) is 2.91. The summed E-state index contributed by atoms with van der Waals surface area (Å²) in [5, 5.41) is 10.1. The van der Waals surface area contributed by atoms with Gasteiger partial charge >= 0.3 is 0 Å². The molecule has 0 aromatic carbocycles. The Bertz CT molecular complexity index is 166. The maximum absolute atomic E-state index is 10.1. The van der Waals surface area contributed by atoms with Crippen LogP contribution in [0.25, 0.3) is 0 Å². The summed E-state index contributed by atoms with van der Waals surface area (Å²) in [6.07, 6.45) is 2.92. The van der Waals surface area contributed by atoms with Crippen LogP contribution in [0.4, 0.5) is 0 Å². The van der Waals surface area contributed by atoms with Crippen LogP contribution in [0.1, 0.15) is 53.9 Å². The summed E-state index contributed by atoms with van der Waals surface area (Å²) < 4.78 is 0. The predicted molar refractivity (Wildman–Crippen MR) is 56.6 cm³/mol. The van der Waals surface area contributed by atoms with Gasteiger partial charge in [0.2, 0.25) is 0 Å². The van der Waals surface area contributed by atoms with Gasteiger partial charge < -0.3 is 5.11 Å². The molecule has 1 nitrogen and oxygen atoms in total. The van der Waals surface area contributed by atoms with Gasteiger partial charge in [-0.15, -0.1) is 0 Å². The molecule has 0 aromatic rings. The third-order valence-electron chi connectivity index (χ3n) is 4.27. The largest absolute Gasteiger partial charge is 0.390 e. The van der Waals surface area contributed by atoms with Crippen molar-refractivity contribution in [2.75, 3.05) is 0 Å². The van der Waals surface area contributed by atoms with Gasteiger partial charge in [0, 0.05) is 0 Å². The molecule has 1 aliphatic carbocycles. The summed E-state index contributed by atoms with van der Waals surface area (Å²) in [6.45, 7) is 11.2. The van der Waals surface area contributed by atoms with E-state index in [1.54, 1.807) is 0 Å². The lowest BCUT2D eigenvalue weighted by atomic mass is 9.49. The molecule has 0 amide bonds. The Morgan fingerprint density at radius 3 is 1.69 bits per heavy atom. The van der Waals surface area contributed by atoms with Crippen molar-refractivity contribution in [3.63, 3.8) is 0 Å². The molecule has 1 rings (SSSR count). The second-order valence-electron chi connectivity index (χ2n) is 5.47. The molecule has 0 atom stereocenters. The average Bonchev–Trinajstić information content (AvgIpc) is 1.97. The highest BCUT2D eigenvalue weighted by Crippen LogP contribution is 2.58. The summed E-state index contributed by atoms with van der Waals surface area (Å²) in [7, 11) is 0. The topological polar surface area (TPSA) is 20.2 Å². The monoisotopic (exact) mass is 184 g/mol. The van der Waals surface area contributed by atoms with Crippen molar-refractivity contribution in [2.45, 2.75) is 59.5 Å². The van der Waals surface area contributed by atoms with Crippen LogP contribution < -0.4 is 0 Å². The van der Waals surface area contributed by atoms with Crippen LogP contribution in [-0.4, -0.2) is 10.7 Å². The van der Waals surface area contributed by atoms with Crippen LogP contribution in [0.2, 0.25) is 0 Å². The standard InChI is InChI=1S/C12H24O/c1-6-11(13)7-12(8-11,9(2)3)10(4)5/h9-10,13H,6-8H2,1-5H3. The molecule has 0 unspecified atom stereocenters. The van der Waals surface area contributed by atoms with Crippen LogP contribution in [0.3, 0.4) is 0 Å². The highest BCUT2D eigenvalue weighted by atomic mass is 16.3. The van der Waals surface area contributed by atoms with Gasteiger partial charge in [0.1, 0.15) is 0 Å². The molecule has 1 saturated carbocycles. The predicted octanol–water partition coefficient (Wildman–Crippen LogP) is 3.22. The molecule has 0 bridgehead atoms. The lowest BCUT2D eigenvalue weighted by Crippen LogP contribution is -2.56. The van der Waals surface area contributed by atoms with Crippen molar-refractivity contribution in [1.82, 2.24) is 0 Å². The third-order valence-corrected chi connectivity index (χ3v) is 4.27. The van der Waals surface area contributed by atoms with Crippen molar-refractivity contribution in [3.05, 3.63) is 0 Å². The van der Waals surface area contributed by atoms with Crippen LogP contribution in [0.5, 0.6) is 0 Å². The van der Waals surface area contributed by atoms with Gasteiger partial charge in [-0.3, -0.25) is 0 Å². The molecule has 0 aliphatic heterocycles. The van der Waals surface area contributed by atoms with Crippen molar-refractivity contribution < 1.29 is 5.11 Å². The third kappa shape index (κ3) is 1.63. The molecular formula is C12H24O. The molecule has 0 heterocycles. The summed E-state index contributed by atoms with van der Waals surface area (Å²) in [4.78, 5) is 0. The van der Waals surface area contributed by atoms with Gasteiger partial charge in [-0.1, -0.05) is 34.6 Å². The molecular weight excluding hydrogens is 160 g/mol. The molecule has 78 valence electrons. The average molecular weight is 184 g/mol. The number of rotatable bonds is 3. The first kappa shape index (κ1) is 11.0. The molecule has 1 N–H and O–H groups in total. The quantitative estimate of drug-likeness (QED) is 0.714. The molecule has 0 aromatic heterocycles. The van der Waals surface area contributed by atoms with E-state index in [0.29, 0.717) is 17.3 Å². The zero-order valence-corrected chi connectivity index (χ0v) is 9.72. The van der Waals surface area contributed by atoms with Crippen molar-refractivity contribution >= 4 is 0 Å². The van der Waals surface area contributed by atoms with Crippen molar-refractivity contribution in [2.24, 2.45) is 17.3 Å². The fourth-order valence-corrected chi connectivity index (χ4v) is 2.91. The number of aliphatic hydroxyl groups is 1. The highest BCUT2D eigenvalue weighted by Gasteiger charge is 2.55. The zero-order chi connectivity index (χ0) is 10.3. The summed E-state index contributed by atoms with van der Waals surface area (Å²) in [5.41, 5.74) is 0.0688. The normalized spacial score (nSPS) is 24.9. The van der Waals surface area contributed by atoms with E-state index in [0.717, 1.165) is 19.3 Å².